The van der Waals surface area contributed by atoms with Crippen LogP contribution in [0.15, 0.2) is 77.8 Å². The number of carbonyl (C=O) groups excluding carboxylic acids is 1. The van der Waals surface area contributed by atoms with Gasteiger partial charge < -0.3 is 15.4 Å². The molecule has 0 spiro atoms. The number of aryl methyl sites for hydroxylation is 1. The van der Waals surface area contributed by atoms with Crippen LogP contribution in [-0.4, -0.2) is 56.7 Å². The van der Waals surface area contributed by atoms with Crippen LogP contribution in [0.5, 0.6) is 11.6 Å². The molecule has 212 valence electrons. The van der Waals surface area contributed by atoms with Crippen LogP contribution >= 0.6 is 0 Å². The van der Waals surface area contributed by atoms with Crippen molar-refractivity contribution in [3.63, 3.8) is 0 Å². The molecule has 11 nitrogen and oxygen atoms in total. The molecule has 1 fully saturated rings. The number of aromatic nitrogens is 4. The van der Waals surface area contributed by atoms with E-state index in [0.29, 0.717) is 45.5 Å². The summed E-state index contributed by atoms with van der Waals surface area (Å²) in [6.45, 7) is 8.37. The standard InChI is InChI=1S/C31H31N9O2/c1-20-14-22(8-11-27(20)42-30-16-28-38-35-19-40(28)18-34-30)37-31(21(2)17-32)25-15-23(7-10-26(25)33-3)36-29(41)12-9-24-6-5-13-39(24)4/h7-12,14-16,18-19,24,37H,3,5-6,13H2,1-2,4H3,(H,36,41)/b12-9+,31-21-/t24-/m1/s1. The van der Waals surface area contributed by atoms with Crippen LogP contribution in [0.25, 0.3) is 11.3 Å². The van der Waals surface area contributed by atoms with Crippen LogP contribution in [0.1, 0.15) is 30.9 Å². The summed E-state index contributed by atoms with van der Waals surface area (Å²) in [6.07, 6.45) is 8.83. The molecule has 0 saturated carbocycles. The van der Waals surface area contributed by atoms with Gasteiger partial charge in [0.1, 0.15) is 18.4 Å². The number of benzene rings is 2. The summed E-state index contributed by atoms with van der Waals surface area (Å²) in [5.74, 6) is 0.792. The van der Waals surface area contributed by atoms with Crippen molar-refractivity contribution in [2.45, 2.75) is 32.7 Å². The number of nitrogens with zero attached hydrogens (tertiary/aromatic N) is 7. The molecule has 0 unspecified atom stereocenters. The highest BCUT2D eigenvalue weighted by Crippen LogP contribution is 2.34. The first-order valence-corrected chi connectivity index (χ1v) is 13.5. The number of hydrogen-bond acceptors (Lipinski definition) is 9. The third-order valence-corrected chi connectivity index (χ3v) is 7.11. The van der Waals surface area contributed by atoms with Gasteiger partial charge in [-0.2, -0.15) is 5.26 Å². The van der Waals surface area contributed by atoms with Crippen molar-refractivity contribution in [2.75, 3.05) is 24.2 Å². The Kier molecular flexibility index (Phi) is 8.36. The Morgan fingerprint density at radius 1 is 1.19 bits per heavy atom. The SMILES string of the molecule is C=Nc1ccc(NC(=O)/C=C/[C@H]2CCCN2C)cc1/C(Nc1ccc(Oc2cc3nncn3cn2)c(C)c1)=C(\C)C#N. The summed E-state index contributed by atoms with van der Waals surface area (Å²) in [5, 5.41) is 24.0. The highest BCUT2D eigenvalue weighted by atomic mass is 16.5. The van der Waals surface area contributed by atoms with Gasteiger partial charge in [-0.1, -0.05) is 6.08 Å². The van der Waals surface area contributed by atoms with Crippen molar-refractivity contribution in [3.05, 3.63) is 84.0 Å². The number of likely N-dealkylation sites (N-methyl/N-ethyl adjacent to an activating group) is 1. The van der Waals surface area contributed by atoms with Gasteiger partial charge in [-0.05, 0) is 89.0 Å². The summed E-state index contributed by atoms with van der Waals surface area (Å²) < 4.78 is 7.68. The zero-order chi connectivity index (χ0) is 29.6. The molecule has 42 heavy (non-hydrogen) atoms. The number of ether oxygens (including phenoxy) is 1. The zero-order valence-electron chi connectivity index (χ0n) is 23.7. The Balaban J connectivity index is 1.36. The fraction of sp³-hybridized carbons (Fsp3) is 0.226. The highest BCUT2D eigenvalue weighted by molar-refractivity contribution is 6.00. The van der Waals surface area contributed by atoms with E-state index >= 15 is 0 Å². The van der Waals surface area contributed by atoms with Crippen LogP contribution in [-0.2, 0) is 4.79 Å². The molecule has 4 aromatic rings. The Morgan fingerprint density at radius 3 is 2.74 bits per heavy atom. The van der Waals surface area contributed by atoms with Gasteiger partial charge in [-0.3, -0.25) is 19.1 Å². The minimum Gasteiger partial charge on any atom is -0.439 e. The molecule has 1 saturated heterocycles. The number of amides is 1. The van der Waals surface area contributed by atoms with Crippen molar-refractivity contribution < 1.29 is 9.53 Å². The Bertz CT molecular complexity index is 1750. The normalized spacial score (nSPS) is 15.8. The molecule has 1 amide bonds. The second kappa shape index (κ2) is 12.4. The number of nitrogens with one attached hydrogen (secondary N) is 2. The Morgan fingerprint density at radius 2 is 2.00 bits per heavy atom. The van der Waals surface area contributed by atoms with Crippen molar-refractivity contribution in [2.24, 2.45) is 4.99 Å². The van der Waals surface area contributed by atoms with Gasteiger partial charge in [-0.25, -0.2) is 4.98 Å². The third-order valence-electron chi connectivity index (χ3n) is 7.11. The average Bonchev–Trinajstić information content (AvgIpc) is 3.63. The van der Waals surface area contributed by atoms with E-state index in [-0.39, 0.29) is 11.9 Å². The number of rotatable bonds is 9. The predicted octanol–water partition coefficient (Wildman–Crippen LogP) is 5.51. The predicted molar refractivity (Wildman–Crippen MR) is 163 cm³/mol. The second-order valence-electron chi connectivity index (χ2n) is 10.1. The van der Waals surface area contributed by atoms with E-state index in [9.17, 15) is 10.1 Å². The maximum Gasteiger partial charge on any atom is 0.248 e. The second-order valence-corrected chi connectivity index (χ2v) is 10.1. The van der Waals surface area contributed by atoms with Gasteiger partial charge >= 0.3 is 0 Å². The molecule has 0 aliphatic carbocycles. The van der Waals surface area contributed by atoms with E-state index in [4.69, 9.17) is 4.74 Å². The molecule has 5 rings (SSSR count). The van der Waals surface area contributed by atoms with Gasteiger partial charge in [0.05, 0.1) is 23.0 Å². The van der Waals surface area contributed by atoms with Crippen LogP contribution in [0, 0.1) is 18.3 Å². The fourth-order valence-corrected chi connectivity index (χ4v) is 4.80. The largest absolute Gasteiger partial charge is 0.439 e. The summed E-state index contributed by atoms with van der Waals surface area (Å²) in [6, 6.07) is 15.1. The topological polar surface area (TPSA) is 133 Å². The Labute approximate surface area is 243 Å². The number of nitriles is 1. The molecular weight excluding hydrogens is 530 g/mol. The molecule has 0 radical (unpaired) electrons. The van der Waals surface area contributed by atoms with Crippen molar-refractivity contribution in [1.82, 2.24) is 24.5 Å². The molecule has 2 N–H and O–H groups in total. The van der Waals surface area contributed by atoms with E-state index in [1.165, 1.54) is 0 Å². The maximum absolute atomic E-state index is 12.7. The lowest BCUT2D eigenvalue weighted by Gasteiger charge is -2.17. The first kappa shape index (κ1) is 28.2. The van der Waals surface area contributed by atoms with Crippen molar-refractivity contribution >= 4 is 41.0 Å². The van der Waals surface area contributed by atoms with Gasteiger partial charge in [-0.15, -0.1) is 10.2 Å². The molecule has 2 aromatic heterocycles. The van der Waals surface area contributed by atoms with Crippen LogP contribution in [0.4, 0.5) is 17.1 Å². The lowest BCUT2D eigenvalue weighted by atomic mass is 10.0. The number of likely N-dealkylation sites (tertiary alicyclic amines) is 1. The molecule has 1 aliphatic heterocycles. The van der Waals surface area contributed by atoms with Crippen molar-refractivity contribution in [1.29, 1.82) is 5.26 Å². The molecule has 2 aromatic carbocycles. The highest BCUT2D eigenvalue weighted by Gasteiger charge is 2.18. The zero-order valence-corrected chi connectivity index (χ0v) is 23.7. The third kappa shape index (κ3) is 6.35. The molecule has 1 atom stereocenters. The quantitative estimate of drug-likeness (QED) is 0.155. The van der Waals surface area contributed by atoms with Gasteiger partial charge in [0, 0.05) is 35.1 Å². The molecule has 3 heterocycles. The number of hydrogen-bond donors (Lipinski definition) is 2. The van der Waals surface area contributed by atoms with E-state index in [1.807, 2.05) is 31.2 Å². The number of allylic oxidation sites excluding steroid dienone is 1. The first-order valence-electron chi connectivity index (χ1n) is 13.5. The lowest BCUT2D eigenvalue weighted by molar-refractivity contribution is -0.111. The first-order chi connectivity index (χ1) is 20.3. The van der Waals surface area contributed by atoms with Crippen molar-refractivity contribution in [3.8, 4) is 17.7 Å². The average molecular weight is 562 g/mol. The van der Waals surface area contributed by atoms with Crippen LogP contribution in [0.3, 0.4) is 0 Å². The van der Waals surface area contributed by atoms with E-state index in [1.54, 1.807) is 54.3 Å². The monoisotopic (exact) mass is 561 g/mol. The van der Waals surface area contributed by atoms with Gasteiger partial charge in [0.2, 0.25) is 11.8 Å². The molecule has 1 aliphatic rings. The Hall–Kier alpha value is -5.34. The van der Waals surface area contributed by atoms with Crippen LogP contribution in [0.2, 0.25) is 0 Å². The minimum atomic E-state index is -0.222. The van der Waals surface area contributed by atoms with E-state index in [0.717, 1.165) is 30.6 Å². The number of aliphatic imine (C=N–C) groups is 1. The fourth-order valence-electron chi connectivity index (χ4n) is 4.80. The smallest absolute Gasteiger partial charge is 0.248 e. The summed E-state index contributed by atoms with van der Waals surface area (Å²) in [7, 11) is 2.06. The molecule has 0 bridgehead atoms. The summed E-state index contributed by atoms with van der Waals surface area (Å²) in [5.41, 5.74) is 4.97. The summed E-state index contributed by atoms with van der Waals surface area (Å²) >= 11 is 0. The van der Waals surface area contributed by atoms with E-state index < -0.39 is 0 Å². The maximum atomic E-state index is 12.7. The lowest BCUT2D eigenvalue weighted by Crippen LogP contribution is -2.23. The summed E-state index contributed by atoms with van der Waals surface area (Å²) in [4.78, 5) is 23.4. The van der Waals surface area contributed by atoms with Crippen LogP contribution < -0.4 is 15.4 Å². The van der Waals surface area contributed by atoms with Gasteiger partial charge in [0.25, 0.3) is 0 Å². The number of anilines is 2. The van der Waals surface area contributed by atoms with E-state index in [2.05, 4.69) is 55.5 Å². The number of fused-ring (bicyclic) bond motifs is 1. The molecule has 11 heteroatoms. The van der Waals surface area contributed by atoms with Gasteiger partial charge in [0.15, 0.2) is 5.65 Å². The molecular formula is C31H31N9O2. The number of carbonyl (C=O) groups is 1. The minimum absolute atomic E-state index is 0.222.